The minimum Gasteiger partial charge on any atom is -0.465 e. The Bertz CT molecular complexity index is 579. The summed E-state index contributed by atoms with van der Waals surface area (Å²) in [6, 6.07) is 7.02. The van der Waals surface area contributed by atoms with Gasteiger partial charge in [-0.2, -0.15) is 12.6 Å². The number of carbonyl (C=O) groups excluding carboxylic acids is 1. The van der Waals surface area contributed by atoms with Gasteiger partial charge in [-0.05, 0) is 17.7 Å². The van der Waals surface area contributed by atoms with Crippen molar-refractivity contribution in [1.82, 2.24) is 9.55 Å². The van der Waals surface area contributed by atoms with Gasteiger partial charge in [-0.1, -0.05) is 24.4 Å². The molecule has 0 saturated heterocycles. The molecule has 0 aliphatic rings. The van der Waals surface area contributed by atoms with Crippen molar-refractivity contribution >= 4 is 35.8 Å². The van der Waals surface area contributed by atoms with E-state index in [4.69, 9.17) is 12.2 Å². The van der Waals surface area contributed by atoms with Crippen molar-refractivity contribution in [2.45, 2.75) is 5.25 Å². The van der Waals surface area contributed by atoms with E-state index in [0.717, 1.165) is 5.56 Å². The van der Waals surface area contributed by atoms with Crippen molar-refractivity contribution in [2.75, 3.05) is 7.11 Å². The number of rotatable bonds is 3. The molecular weight excluding hydrogens is 280 g/mol. The molecule has 0 aliphatic heterocycles. The highest BCUT2D eigenvalue weighted by molar-refractivity contribution is 7.86. The normalized spacial score (nSPS) is 11.9. The van der Waals surface area contributed by atoms with Crippen LogP contribution in [0.2, 0.25) is 0 Å². The molecule has 6 heteroatoms. The van der Waals surface area contributed by atoms with Gasteiger partial charge in [0.05, 0.1) is 24.3 Å². The van der Waals surface area contributed by atoms with Crippen LogP contribution in [0.3, 0.4) is 0 Å². The monoisotopic (exact) mass is 292 g/mol. The first-order chi connectivity index (χ1) is 9.13. The van der Waals surface area contributed by atoms with Gasteiger partial charge in [0, 0.05) is 12.4 Å². The summed E-state index contributed by atoms with van der Waals surface area (Å²) in [7, 11) is 1.35. The lowest BCUT2D eigenvalue weighted by Crippen LogP contribution is -2.13. The summed E-state index contributed by atoms with van der Waals surface area (Å²) in [6.07, 6.45) is 5.07. The summed E-state index contributed by atoms with van der Waals surface area (Å²) in [5.74, 6) is -0.362. The van der Waals surface area contributed by atoms with E-state index in [9.17, 15) is 4.79 Å². The van der Waals surface area contributed by atoms with Crippen LogP contribution in [0.4, 0.5) is 0 Å². The predicted octanol–water partition coefficient (Wildman–Crippen LogP) is 2.52. The number of thiol groups is 1. The van der Waals surface area contributed by atoms with Crippen molar-refractivity contribution < 1.29 is 9.53 Å². The highest BCUT2D eigenvalue weighted by atomic mass is 32.1. The van der Waals surface area contributed by atoms with E-state index in [2.05, 4.69) is 22.3 Å². The summed E-state index contributed by atoms with van der Waals surface area (Å²) >= 11 is 9.84. The lowest BCUT2D eigenvalue weighted by molar-refractivity contribution is 0.0600. The summed E-state index contributed by atoms with van der Waals surface area (Å²) in [5, 5.41) is -0.240. The number of thiocarbonyl (C=S) groups is 1. The molecule has 0 aliphatic carbocycles. The van der Waals surface area contributed by atoms with E-state index in [1.165, 1.54) is 7.11 Å². The SMILES string of the molecule is COC(=O)c1ccc(C(S)C(=S)n2ccnc2)cc1. The molecule has 1 atom stereocenters. The predicted molar refractivity (Wildman–Crippen MR) is 79.7 cm³/mol. The summed E-state index contributed by atoms with van der Waals surface area (Å²) < 4.78 is 6.38. The van der Waals surface area contributed by atoms with E-state index in [1.54, 1.807) is 35.4 Å². The lowest BCUT2D eigenvalue weighted by atomic mass is 10.1. The molecule has 0 spiro atoms. The van der Waals surface area contributed by atoms with Gasteiger partial charge in [-0.3, -0.25) is 4.57 Å². The molecule has 0 radical (unpaired) electrons. The molecule has 2 aromatic rings. The van der Waals surface area contributed by atoms with E-state index in [1.807, 2.05) is 12.1 Å². The molecule has 4 nitrogen and oxygen atoms in total. The minimum atomic E-state index is -0.362. The highest BCUT2D eigenvalue weighted by Gasteiger charge is 2.14. The Labute approximate surface area is 121 Å². The maximum Gasteiger partial charge on any atom is 0.337 e. The van der Waals surface area contributed by atoms with Crippen LogP contribution in [-0.4, -0.2) is 27.6 Å². The fourth-order valence-electron chi connectivity index (χ4n) is 1.59. The van der Waals surface area contributed by atoms with Crippen LogP contribution in [-0.2, 0) is 4.74 Å². The maximum atomic E-state index is 11.3. The number of ether oxygens (including phenoxy) is 1. The molecule has 0 fully saturated rings. The second-order valence-corrected chi connectivity index (χ2v) is 4.76. The van der Waals surface area contributed by atoms with E-state index in [0.29, 0.717) is 10.6 Å². The third kappa shape index (κ3) is 3.02. The standard InChI is InChI=1S/C13H12N2O2S2/c1-17-13(16)10-4-2-9(3-5-10)11(18)12(19)15-7-6-14-8-15/h2-8,11,18H,1H3. The maximum absolute atomic E-state index is 11.3. The van der Waals surface area contributed by atoms with Crippen LogP contribution < -0.4 is 0 Å². The van der Waals surface area contributed by atoms with Gasteiger partial charge >= 0.3 is 5.97 Å². The van der Waals surface area contributed by atoms with Gasteiger partial charge in [0.1, 0.15) is 4.99 Å². The van der Waals surface area contributed by atoms with Crippen molar-refractivity contribution in [3.05, 3.63) is 54.1 Å². The Morgan fingerprint density at radius 3 is 2.63 bits per heavy atom. The van der Waals surface area contributed by atoms with Crippen molar-refractivity contribution in [3.8, 4) is 0 Å². The largest absolute Gasteiger partial charge is 0.465 e. The summed E-state index contributed by atoms with van der Waals surface area (Å²) in [5.41, 5.74) is 1.41. The Balaban J connectivity index is 2.18. The molecule has 1 aromatic heterocycles. The molecule has 1 heterocycles. The number of methoxy groups -OCH3 is 1. The zero-order valence-electron chi connectivity index (χ0n) is 10.2. The highest BCUT2D eigenvalue weighted by Crippen LogP contribution is 2.23. The van der Waals surface area contributed by atoms with Gasteiger partial charge in [-0.25, -0.2) is 9.78 Å². The number of hydrogen-bond donors (Lipinski definition) is 1. The molecule has 0 amide bonds. The molecule has 0 N–H and O–H groups in total. The number of esters is 1. The first-order valence-electron chi connectivity index (χ1n) is 5.52. The molecule has 2 rings (SSSR count). The first-order valence-corrected chi connectivity index (χ1v) is 6.44. The molecule has 1 aromatic carbocycles. The Kier molecular flexibility index (Phi) is 4.34. The van der Waals surface area contributed by atoms with E-state index in [-0.39, 0.29) is 11.2 Å². The van der Waals surface area contributed by atoms with E-state index >= 15 is 0 Å². The number of nitrogens with zero attached hydrogens (tertiary/aromatic N) is 2. The fraction of sp³-hybridized carbons (Fsp3) is 0.154. The summed E-state index contributed by atoms with van der Waals surface area (Å²) in [6.45, 7) is 0. The zero-order chi connectivity index (χ0) is 13.8. The Morgan fingerprint density at radius 1 is 1.42 bits per heavy atom. The quantitative estimate of drug-likeness (QED) is 0.536. The van der Waals surface area contributed by atoms with Crippen LogP contribution in [0.25, 0.3) is 0 Å². The second-order valence-electron chi connectivity index (χ2n) is 3.82. The molecule has 0 saturated carbocycles. The lowest BCUT2D eigenvalue weighted by Gasteiger charge is -2.13. The third-order valence-corrected chi connectivity index (χ3v) is 3.80. The smallest absolute Gasteiger partial charge is 0.337 e. The van der Waals surface area contributed by atoms with Crippen LogP contribution in [0.5, 0.6) is 0 Å². The molecule has 0 bridgehead atoms. The molecule has 19 heavy (non-hydrogen) atoms. The Hall–Kier alpha value is -1.66. The van der Waals surface area contributed by atoms with Crippen molar-refractivity contribution in [1.29, 1.82) is 0 Å². The van der Waals surface area contributed by atoms with Crippen LogP contribution in [0.15, 0.2) is 43.0 Å². The fourth-order valence-corrected chi connectivity index (χ4v) is 2.14. The summed E-state index contributed by atoms with van der Waals surface area (Å²) in [4.78, 5) is 15.9. The van der Waals surface area contributed by atoms with Crippen molar-refractivity contribution in [3.63, 3.8) is 0 Å². The minimum absolute atomic E-state index is 0.240. The van der Waals surface area contributed by atoms with Gasteiger partial charge in [-0.15, -0.1) is 0 Å². The molecule has 1 unspecified atom stereocenters. The second kappa shape index (κ2) is 5.99. The van der Waals surface area contributed by atoms with Gasteiger partial charge in [0.25, 0.3) is 0 Å². The number of carbonyl (C=O) groups is 1. The third-order valence-electron chi connectivity index (χ3n) is 2.64. The van der Waals surface area contributed by atoms with Crippen LogP contribution in [0, 0.1) is 0 Å². The average molecular weight is 292 g/mol. The van der Waals surface area contributed by atoms with Gasteiger partial charge in [0.2, 0.25) is 0 Å². The number of imidazole rings is 1. The number of benzene rings is 1. The van der Waals surface area contributed by atoms with Gasteiger partial charge < -0.3 is 4.74 Å². The number of hydrogen-bond acceptors (Lipinski definition) is 5. The number of aromatic nitrogens is 2. The van der Waals surface area contributed by atoms with Crippen LogP contribution >= 0.6 is 24.8 Å². The van der Waals surface area contributed by atoms with Crippen LogP contribution in [0.1, 0.15) is 21.2 Å². The zero-order valence-corrected chi connectivity index (χ0v) is 11.9. The first kappa shape index (κ1) is 13.8. The van der Waals surface area contributed by atoms with Gasteiger partial charge in [0.15, 0.2) is 0 Å². The van der Waals surface area contributed by atoms with Crippen molar-refractivity contribution in [2.24, 2.45) is 0 Å². The Morgan fingerprint density at radius 2 is 2.11 bits per heavy atom. The average Bonchev–Trinajstić information content (AvgIpc) is 2.99. The van der Waals surface area contributed by atoms with E-state index < -0.39 is 0 Å². The molecular formula is C13H12N2O2S2. The molecule has 98 valence electrons. The topological polar surface area (TPSA) is 44.1 Å².